The smallest absolute Gasteiger partial charge is 0.263 e. The van der Waals surface area contributed by atoms with Crippen molar-refractivity contribution in [2.75, 3.05) is 11.9 Å². The molecule has 7 heteroatoms. The van der Waals surface area contributed by atoms with Crippen LogP contribution < -0.4 is 10.9 Å². The lowest BCUT2D eigenvalue weighted by atomic mass is 10.3. The topological polar surface area (TPSA) is 95.8 Å². The number of aliphatic hydroxyl groups excluding tert-OH is 1. The minimum absolute atomic E-state index is 0.0205. The number of nitrogens with one attached hydrogen (secondary N) is 2. The van der Waals surface area contributed by atoms with Gasteiger partial charge in [0.25, 0.3) is 5.56 Å². The average Bonchev–Trinajstić information content (AvgIpc) is 3.17. The van der Waals surface area contributed by atoms with Gasteiger partial charge in [0.15, 0.2) is 5.65 Å². The van der Waals surface area contributed by atoms with E-state index >= 15 is 0 Å². The van der Waals surface area contributed by atoms with Gasteiger partial charge in [-0.2, -0.15) is 10.1 Å². The SMILES string of the molecule is O=c1[nH]c(NC2(CO)CC2)nc2c1cnn2-c1ccccc1. The van der Waals surface area contributed by atoms with E-state index in [-0.39, 0.29) is 17.7 Å². The molecule has 0 saturated heterocycles. The van der Waals surface area contributed by atoms with Crippen molar-refractivity contribution in [3.63, 3.8) is 0 Å². The third-order valence-electron chi connectivity index (χ3n) is 3.98. The van der Waals surface area contributed by atoms with Crippen molar-refractivity contribution in [3.8, 4) is 5.69 Å². The molecule has 112 valence electrons. The van der Waals surface area contributed by atoms with Crippen molar-refractivity contribution in [3.05, 3.63) is 46.9 Å². The van der Waals surface area contributed by atoms with Crippen LogP contribution in [0.15, 0.2) is 41.3 Å². The van der Waals surface area contributed by atoms with Crippen LogP contribution in [0.5, 0.6) is 0 Å². The molecule has 1 aliphatic carbocycles. The molecule has 3 aromatic rings. The third-order valence-corrected chi connectivity index (χ3v) is 3.98. The first kappa shape index (κ1) is 13.0. The van der Waals surface area contributed by atoms with Gasteiger partial charge in [-0.15, -0.1) is 0 Å². The fourth-order valence-corrected chi connectivity index (χ4v) is 2.46. The standard InChI is InChI=1S/C15H15N5O2/c21-9-15(6-7-15)19-14-17-12-11(13(22)18-14)8-16-20(12)10-4-2-1-3-5-10/h1-5,8,21H,6-7,9H2,(H2,17,18,19,22). The van der Waals surface area contributed by atoms with E-state index in [9.17, 15) is 9.90 Å². The number of aromatic amines is 1. The summed E-state index contributed by atoms with van der Waals surface area (Å²) in [5.74, 6) is 0.363. The van der Waals surface area contributed by atoms with E-state index in [1.54, 1.807) is 4.68 Å². The fraction of sp³-hybridized carbons (Fsp3) is 0.267. The minimum atomic E-state index is -0.346. The largest absolute Gasteiger partial charge is 0.394 e. The van der Waals surface area contributed by atoms with Crippen LogP contribution in [-0.4, -0.2) is 37.0 Å². The molecule has 1 aliphatic rings. The van der Waals surface area contributed by atoms with Crippen LogP contribution in [0.25, 0.3) is 16.7 Å². The van der Waals surface area contributed by atoms with E-state index in [2.05, 4.69) is 20.4 Å². The molecule has 7 nitrogen and oxygen atoms in total. The Kier molecular flexibility index (Phi) is 2.77. The van der Waals surface area contributed by atoms with E-state index < -0.39 is 0 Å². The highest BCUT2D eigenvalue weighted by atomic mass is 16.3. The van der Waals surface area contributed by atoms with Crippen LogP contribution in [-0.2, 0) is 0 Å². The normalized spacial score (nSPS) is 15.9. The quantitative estimate of drug-likeness (QED) is 0.669. The summed E-state index contributed by atoms with van der Waals surface area (Å²) >= 11 is 0. The maximum absolute atomic E-state index is 12.2. The number of benzene rings is 1. The Labute approximate surface area is 125 Å². The third kappa shape index (κ3) is 2.06. The number of nitrogens with zero attached hydrogens (tertiary/aromatic N) is 3. The molecule has 1 fully saturated rings. The summed E-state index contributed by atoms with van der Waals surface area (Å²) in [7, 11) is 0. The number of H-pyrrole nitrogens is 1. The second-order valence-corrected chi connectivity index (χ2v) is 5.61. The predicted octanol–water partition coefficient (Wildman–Crippen LogP) is 1.05. The average molecular weight is 297 g/mol. The van der Waals surface area contributed by atoms with Crippen molar-refractivity contribution >= 4 is 17.0 Å². The van der Waals surface area contributed by atoms with Gasteiger partial charge < -0.3 is 10.4 Å². The molecule has 2 aromatic heterocycles. The van der Waals surface area contributed by atoms with Crippen LogP contribution in [0.1, 0.15) is 12.8 Å². The number of aliphatic hydroxyl groups is 1. The molecule has 0 bridgehead atoms. The lowest BCUT2D eigenvalue weighted by Crippen LogP contribution is -2.28. The van der Waals surface area contributed by atoms with Crippen LogP contribution in [0.4, 0.5) is 5.95 Å². The van der Waals surface area contributed by atoms with Gasteiger partial charge in [-0.3, -0.25) is 9.78 Å². The highest BCUT2D eigenvalue weighted by molar-refractivity contribution is 5.76. The van der Waals surface area contributed by atoms with Crippen LogP contribution >= 0.6 is 0 Å². The molecular weight excluding hydrogens is 282 g/mol. The number of aromatic nitrogens is 4. The summed E-state index contributed by atoms with van der Waals surface area (Å²) in [5.41, 5.74) is 0.737. The number of hydrogen-bond donors (Lipinski definition) is 3. The molecule has 0 aliphatic heterocycles. The lowest BCUT2D eigenvalue weighted by molar-refractivity contribution is 0.265. The fourth-order valence-electron chi connectivity index (χ4n) is 2.46. The number of anilines is 1. The van der Waals surface area contributed by atoms with E-state index in [1.165, 1.54) is 6.20 Å². The minimum Gasteiger partial charge on any atom is -0.394 e. The Morgan fingerprint density at radius 3 is 2.77 bits per heavy atom. The van der Waals surface area contributed by atoms with Crippen molar-refractivity contribution in [1.82, 2.24) is 19.7 Å². The van der Waals surface area contributed by atoms with E-state index in [4.69, 9.17) is 0 Å². The molecule has 1 saturated carbocycles. The molecule has 0 amide bonds. The van der Waals surface area contributed by atoms with Gasteiger partial charge in [-0.1, -0.05) is 18.2 Å². The Morgan fingerprint density at radius 1 is 1.32 bits per heavy atom. The zero-order valence-corrected chi connectivity index (χ0v) is 11.8. The monoisotopic (exact) mass is 297 g/mol. The zero-order chi connectivity index (χ0) is 15.2. The first-order valence-electron chi connectivity index (χ1n) is 7.13. The highest BCUT2D eigenvalue weighted by Crippen LogP contribution is 2.37. The Morgan fingerprint density at radius 2 is 2.09 bits per heavy atom. The number of rotatable bonds is 4. The summed E-state index contributed by atoms with van der Waals surface area (Å²) in [6, 6.07) is 9.53. The Hall–Kier alpha value is -2.67. The summed E-state index contributed by atoms with van der Waals surface area (Å²) < 4.78 is 1.63. The molecule has 22 heavy (non-hydrogen) atoms. The Balaban J connectivity index is 1.83. The van der Waals surface area contributed by atoms with Gasteiger partial charge >= 0.3 is 0 Å². The first-order chi connectivity index (χ1) is 10.7. The molecular formula is C15H15N5O2. The van der Waals surface area contributed by atoms with Crippen molar-refractivity contribution in [2.24, 2.45) is 0 Å². The van der Waals surface area contributed by atoms with E-state index in [0.717, 1.165) is 18.5 Å². The van der Waals surface area contributed by atoms with Crippen molar-refractivity contribution in [1.29, 1.82) is 0 Å². The van der Waals surface area contributed by atoms with Crippen molar-refractivity contribution in [2.45, 2.75) is 18.4 Å². The maximum Gasteiger partial charge on any atom is 0.263 e. The van der Waals surface area contributed by atoms with Gasteiger partial charge in [-0.05, 0) is 25.0 Å². The van der Waals surface area contributed by atoms with Crippen LogP contribution in [0, 0.1) is 0 Å². The molecule has 3 N–H and O–H groups in total. The molecule has 0 atom stereocenters. The molecule has 0 radical (unpaired) electrons. The predicted molar refractivity (Wildman–Crippen MR) is 82.2 cm³/mol. The zero-order valence-electron chi connectivity index (χ0n) is 11.8. The molecule has 0 unspecified atom stereocenters. The summed E-state index contributed by atoms with van der Waals surface area (Å²) in [6.45, 7) is 0.0205. The number of fused-ring (bicyclic) bond motifs is 1. The van der Waals surface area contributed by atoms with Crippen LogP contribution in [0.3, 0.4) is 0 Å². The van der Waals surface area contributed by atoms with Gasteiger partial charge in [0, 0.05) is 0 Å². The second-order valence-electron chi connectivity index (χ2n) is 5.61. The molecule has 1 aromatic carbocycles. The second kappa shape index (κ2) is 4.67. The molecule has 0 spiro atoms. The first-order valence-corrected chi connectivity index (χ1v) is 7.13. The van der Waals surface area contributed by atoms with Gasteiger partial charge in [0.2, 0.25) is 5.95 Å². The summed E-state index contributed by atoms with van der Waals surface area (Å²) in [4.78, 5) is 19.4. The van der Waals surface area contributed by atoms with Gasteiger partial charge in [0.05, 0.1) is 24.0 Å². The van der Waals surface area contributed by atoms with Gasteiger partial charge in [0.1, 0.15) is 5.39 Å². The van der Waals surface area contributed by atoms with E-state index in [1.807, 2.05) is 30.3 Å². The molecule has 2 heterocycles. The number of para-hydroxylation sites is 1. The number of hydrogen-bond acceptors (Lipinski definition) is 5. The highest BCUT2D eigenvalue weighted by Gasteiger charge is 2.42. The van der Waals surface area contributed by atoms with Crippen molar-refractivity contribution < 1.29 is 5.11 Å². The van der Waals surface area contributed by atoms with Crippen LogP contribution in [0.2, 0.25) is 0 Å². The summed E-state index contributed by atoms with van der Waals surface area (Å²) in [5, 5.41) is 17.2. The van der Waals surface area contributed by atoms with Gasteiger partial charge in [-0.25, -0.2) is 4.68 Å². The summed E-state index contributed by atoms with van der Waals surface area (Å²) in [6.07, 6.45) is 3.24. The Bertz CT molecular complexity index is 880. The van der Waals surface area contributed by atoms with E-state index in [0.29, 0.717) is 17.0 Å². The molecule has 4 rings (SSSR count). The lowest BCUT2D eigenvalue weighted by Gasteiger charge is -2.14. The maximum atomic E-state index is 12.2.